The average Bonchev–Trinajstić information content (AvgIpc) is 3.04. The van der Waals surface area contributed by atoms with Crippen LogP contribution in [0.2, 0.25) is 0 Å². The van der Waals surface area contributed by atoms with Gasteiger partial charge in [-0.05, 0) is 52.1 Å². The quantitative estimate of drug-likeness (QED) is 0.0760. The second-order valence-corrected chi connectivity index (χ2v) is 12.8. The van der Waals surface area contributed by atoms with Crippen molar-refractivity contribution in [3.8, 4) is 5.75 Å². The number of ether oxygens (including phenoxy) is 1. The highest BCUT2D eigenvalue weighted by atomic mass is 19.1. The predicted octanol–water partition coefficient (Wildman–Crippen LogP) is 7.50. The molecule has 3 heterocycles. The van der Waals surface area contributed by atoms with E-state index in [4.69, 9.17) is 14.5 Å². The Labute approximate surface area is 272 Å². The van der Waals surface area contributed by atoms with Gasteiger partial charge in [-0.2, -0.15) is 0 Å². The Morgan fingerprint density at radius 3 is 2.24 bits per heavy atom. The van der Waals surface area contributed by atoms with Crippen molar-refractivity contribution >= 4 is 28.5 Å². The lowest BCUT2D eigenvalue weighted by Crippen LogP contribution is -2.45. The van der Waals surface area contributed by atoms with Gasteiger partial charge >= 0.3 is 11.9 Å². The second-order valence-electron chi connectivity index (χ2n) is 12.8. The minimum absolute atomic E-state index is 0.0194. The highest BCUT2D eigenvalue weighted by Crippen LogP contribution is 2.42. The molecular formula is C36H52FN3O6. The zero-order valence-electron chi connectivity index (χ0n) is 28.0. The van der Waals surface area contributed by atoms with Crippen LogP contribution in [0.4, 0.5) is 10.1 Å². The van der Waals surface area contributed by atoms with Crippen LogP contribution in [-0.2, 0) is 14.6 Å². The standard InChI is InChI=1S/C36H52FN3O6/c1-4-5-6-7-8-9-10-11-12-13-14-15-16-17-18-19-31(41)45-46-36(43)29-25-40-27(2)26-44-35-32(40)28(34(29)42)24-30(37)33(35)39-22-20-38(3)21-23-39/h11-12,24-25,27H,4-10,13-23,26H2,1-3H3/b12-11-/t27-/m0/s1. The number of rotatable bonds is 17. The molecule has 0 amide bonds. The number of carbonyl (C=O) groups is 2. The van der Waals surface area contributed by atoms with Crippen LogP contribution in [0.3, 0.4) is 0 Å². The van der Waals surface area contributed by atoms with Gasteiger partial charge in [-0.15, -0.1) is 0 Å². The van der Waals surface area contributed by atoms with Gasteiger partial charge < -0.3 is 19.1 Å². The molecule has 1 saturated heterocycles. The molecule has 1 aromatic heterocycles. The smallest absolute Gasteiger partial charge is 0.391 e. The third-order valence-corrected chi connectivity index (χ3v) is 9.03. The summed E-state index contributed by atoms with van der Waals surface area (Å²) < 4.78 is 23.3. The first-order valence-electron chi connectivity index (χ1n) is 17.4. The van der Waals surface area contributed by atoms with E-state index in [1.807, 2.05) is 18.9 Å². The minimum Gasteiger partial charge on any atom is -0.487 e. The first-order chi connectivity index (χ1) is 22.3. The van der Waals surface area contributed by atoms with Gasteiger partial charge in [-0.3, -0.25) is 4.79 Å². The van der Waals surface area contributed by atoms with Crippen LogP contribution >= 0.6 is 0 Å². The van der Waals surface area contributed by atoms with Crippen LogP contribution in [0.1, 0.15) is 120 Å². The Morgan fingerprint density at radius 1 is 0.935 bits per heavy atom. The van der Waals surface area contributed by atoms with Crippen LogP contribution < -0.4 is 15.1 Å². The molecule has 1 fully saturated rings. The Balaban J connectivity index is 1.22. The van der Waals surface area contributed by atoms with Crippen LogP contribution in [0, 0.1) is 5.82 Å². The zero-order valence-corrected chi connectivity index (χ0v) is 28.0. The van der Waals surface area contributed by atoms with Crippen molar-refractivity contribution in [1.82, 2.24) is 9.47 Å². The molecule has 1 aromatic carbocycles. The Bertz CT molecular complexity index is 1400. The van der Waals surface area contributed by atoms with Crippen molar-refractivity contribution < 1.29 is 28.5 Å². The number of likely N-dealkylation sites (N-methyl/N-ethyl adjacent to an activating group) is 1. The van der Waals surface area contributed by atoms with Crippen LogP contribution in [0.25, 0.3) is 10.9 Å². The fraction of sp³-hybridized carbons (Fsp3) is 0.639. The number of piperazine rings is 1. The summed E-state index contributed by atoms with van der Waals surface area (Å²) in [4.78, 5) is 52.1. The molecular weight excluding hydrogens is 589 g/mol. The fourth-order valence-corrected chi connectivity index (χ4v) is 6.19. The van der Waals surface area contributed by atoms with Crippen LogP contribution in [-0.4, -0.2) is 61.2 Å². The maximum atomic E-state index is 15.5. The number of pyridine rings is 1. The molecule has 0 spiro atoms. The van der Waals surface area contributed by atoms with Gasteiger partial charge in [0.2, 0.25) is 5.43 Å². The van der Waals surface area contributed by atoms with E-state index in [-0.39, 0.29) is 30.0 Å². The summed E-state index contributed by atoms with van der Waals surface area (Å²) in [5, 5.41) is 0.0194. The molecule has 0 unspecified atom stereocenters. The van der Waals surface area contributed by atoms with Gasteiger partial charge in [-0.25, -0.2) is 23.8 Å². The molecule has 4 rings (SSSR count). The van der Waals surface area contributed by atoms with Crippen molar-refractivity contribution in [2.75, 3.05) is 44.7 Å². The van der Waals surface area contributed by atoms with E-state index in [0.717, 1.165) is 45.2 Å². The number of anilines is 1. The van der Waals surface area contributed by atoms with Crippen molar-refractivity contribution in [1.29, 1.82) is 0 Å². The summed E-state index contributed by atoms with van der Waals surface area (Å²) in [5.74, 6) is -2.03. The zero-order chi connectivity index (χ0) is 32.9. The molecule has 0 saturated carbocycles. The molecule has 254 valence electrons. The lowest BCUT2D eigenvalue weighted by Gasteiger charge is -2.37. The van der Waals surface area contributed by atoms with Gasteiger partial charge in [-0.1, -0.05) is 70.4 Å². The fourth-order valence-electron chi connectivity index (χ4n) is 6.19. The number of unbranched alkanes of at least 4 members (excludes halogenated alkanes) is 11. The van der Waals surface area contributed by atoms with E-state index >= 15 is 4.39 Å². The largest absolute Gasteiger partial charge is 0.487 e. The molecule has 46 heavy (non-hydrogen) atoms. The minimum atomic E-state index is -1.09. The van der Waals surface area contributed by atoms with Gasteiger partial charge in [0, 0.05) is 32.4 Å². The average molecular weight is 642 g/mol. The van der Waals surface area contributed by atoms with Crippen molar-refractivity contribution in [2.24, 2.45) is 0 Å². The second kappa shape index (κ2) is 18.1. The van der Waals surface area contributed by atoms with E-state index in [1.54, 1.807) is 4.57 Å². The molecule has 1 atom stereocenters. The van der Waals surface area contributed by atoms with E-state index in [2.05, 4.69) is 24.0 Å². The van der Waals surface area contributed by atoms with E-state index < -0.39 is 23.2 Å². The molecule has 2 aliphatic heterocycles. The first kappa shape index (κ1) is 35.5. The molecule has 2 aliphatic rings. The monoisotopic (exact) mass is 641 g/mol. The van der Waals surface area contributed by atoms with Gasteiger partial charge in [0.25, 0.3) is 0 Å². The maximum Gasteiger partial charge on any atom is 0.391 e. The van der Waals surface area contributed by atoms with Crippen LogP contribution in [0.5, 0.6) is 5.75 Å². The van der Waals surface area contributed by atoms with Crippen molar-refractivity contribution in [3.05, 3.63) is 46.0 Å². The Hall–Kier alpha value is -3.40. The lowest BCUT2D eigenvalue weighted by molar-refractivity contribution is -0.234. The topological polar surface area (TPSA) is 90.3 Å². The summed E-state index contributed by atoms with van der Waals surface area (Å²) >= 11 is 0. The highest BCUT2D eigenvalue weighted by Gasteiger charge is 2.31. The lowest BCUT2D eigenvalue weighted by atomic mass is 10.1. The van der Waals surface area contributed by atoms with E-state index in [0.29, 0.717) is 36.5 Å². The van der Waals surface area contributed by atoms with Gasteiger partial charge in [0.05, 0.1) is 23.4 Å². The van der Waals surface area contributed by atoms with Gasteiger partial charge in [0.15, 0.2) is 11.6 Å². The molecule has 0 bridgehead atoms. The van der Waals surface area contributed by atoms with E-state index in [1.165, 1.54) is 57.2 Å². The maximum absolute atomic E-state index is 15.5. The number of halogens is 1. The summed E-state index contributed by atoms with van der Waals surface area (Å²) in [7, 11) is 2.02. The number of aromatic nitrogens is 1. The third-order valence-electron chi connectivity index (χ3n) is 9.03. The first-order valence-corrected chi connectivity index (χ1v) is 17.4. The van der Waals surface area contributed by atoms with Crippen molar-refractivity contribution in [3.63, 3.8) is 0 Å². The number of hydrogen-bond donors (Lipinski definition) is 0. The summed E-state index contributed by atoms with van der Waals surface area (Å²) in [5.41, 5.74) is -0.252. The molecule has 0 aliphatic carbocycles. The third kappa shape index (κ3) is 9.56. The summed E-state index contributed by atoms with van der Waals surface area (Å²) in [6.45, 7) is 7.18. The van der Waals surface area contributed by atoms with Crippen molar-refractivity contribution in [2.45, 2.75) is 110 Å². The Kier molecular flexibility index (Phi) is 13.9. The SMILES string of the molecule is CCCCCCCC/C=C\CCCCCCCC(=O)OOC(=O)c1cn2c3c(c(N4CCN(C)CC4)c(F)cc3c1=O)OC[C@@H]2C. The molecule has 0 radical (unpaired) electrons. The number of allylic oxidation sites excluding steroid dienone is 2. The molecule has 0 N–H and O–H groups in total. The summed E-state index contributed by atoms with van der Waals surface area (Å²) in [6.07, 6.45) is 21.0. The van der Waals surface area contributed by atoms with Gasteiger partial charge in [0.1, 0.15) is 17.9 Å². The molecule has 10 heteroatoms. The van der Waals surface area contributed by atoms with Crippen LogP contribution in [0.15, 0.2) is 29.2 Å². The normalized spacial score (nSPS) is 16.6. The molecule has 2 aromatic rings. The number of carbonyl (C=O) groups excluding carboxylic acids is 2. The summed E-state index contributed by atoms with van der Waals surface area (Å²) in [6, 6.07) is 0.944. The predicted molar refractivity (Wildman–Crippen MR) is 179 cm³/mol. The molecule has 9 nitrogen and oxygen atoms in total. The number of nitrogens with zero attached hydrogens (tertiary/aromatic N) is 3. The van der Waals surface area contributed by atoms with E-state index in [9.17, 15) is 14.4 Å². The highest BCUT2D eigenvalue weighted by molar-refractivity contribution is 5.98. The number of benzene rings is 1. The number of hydrogen-bond acceptors (Lipinski definition) is 8. The Morgan fingerprint density at radius 2 is 1.57 bits per heavy atom.